The first-order chi connectivity index (χ1) is 11.8. The highest BCUT2D eigenvalue weighted by atomic mass is 16.6. The number of hydrogen-bond donors (Lipinski definition) is 0. The number of carbonyl (C=O) groups is 3. The Kier molecular flexibility index (Phi) is 3.94. The van der Waals surface area contributed by atoms with Crippen LogP contribution in [0.3, 0.4) is 0 Å². The average molecular weight is 347 g/mol. The Morgan fingerprint density at radius 1 is 1.32 bits per heavy atom. The number of esters is 1. The molecule has 0 spiro atoms. The Hall–Kier alpha value is -2.97. The van der Waals surface area contributed by atoms with Crippen molar-refractivity contribution in [2.75, 3.05) is 13.7 Å². The van der Waals surface area contributed by atoms with Gasteiger partial charge in [-0.15, -0.1) is 0 Å². The highest BCUT2D eigenvalue weighted by molar-refractivity contribution is 5.99. The zero-order chi connectivity index (χ0) is 18.4. The van der Waals surface area contributed by atoms with E-state index >= 15 is 0 Å². The first kappa shape index (κ1) is 16.9. The first-order valence-electron chi connectivity index (χ1n) is 7.77. The number of non-ortho nitro benzene ring substituents is 1. The number of amides is 3. The van der Waals surface area contributed by atoms with Gasteiger partial charge in [-0.05, 0) is 30.5 Å². The van der Waals surface area contributed by atoms with Gasteiger partial charge in [0.05, 0.1) is 18.1 Å². The second kappa shape index (κ2) is 5.83. The van der Waals surface area contributed by atoms with E-state index < -0.39 is 22.5 Å². The lowest BCUT2D eigenvalue weighted by Gasteiger charge is -2.41. The summed E-state index contributed by atoms with van der Waals surface area (Å²) < 4.78 is 4.95. The van der Waals surface area contributed by atoms with Crippen molar-refractivity contribution in [3.8, 4) is 0 Å². The van der Waals surface area contributed by atoms with Gasteiger partial charge >= 0.3 is 12.0 Å². The second-order valence-electron chi connectivity index (χ2n) is 6.13. The van der Waals surface area contributed by atoms with Crippen molar-refractivity contribution in [2.24, 2.45) is 0 Å². The number of nitro groups is 1. The van der Waals surface area contributed by atoms with E-state index in [1.807, 2.05) is 0 Å². The van der Waals surface area contributed by atoms with Crippen LogP contribution in [0.2, 0.25) is 0 Å². The van der Waals surface area contributed by atoms with Crippen molar-refractivity contribution in [1.82, 2.24) is 9.80 Å². The number of ether oxygens (including phenoxy) is 1. The number of nitro benzene ring substituents is 1. The molecule has 0 saturated carbocycles. The summed E-state index contributed by atoms with van der Waals surface area (Å²) in [5, 5.41) is 10.9. The van der Waals surface area contributed by atoms with Gasteiger partial charge < -0.3 is 9.64 Å². The molecule has 1 aromatic carbocycles. The summed E-state index contributed by atoms with van der Waals surface area (Å²) in [4.78, 5) is 50.0. The largest absolute Gasteiger partial charge is 0.467 e. The van der Waals surface area contributed by atoms with Gasteiger partial charge in [-0.3, -0.25) is 19.8 Å². The van der Waals surface area contributed by atoms with Crippen LogP contribution in [0.5, 0.6) is 0 Å². The molecule has 132 valence electrons. The van der Waals surface area contributed by atoms with E-state index in [2.05, 4.69) is 0 Å². The molecule has 2 heterocycles. The van der Waals surface area contributed by atoms with Crippen LogP contribution >= 0.6 is 0 Å². The van der Waals surface area contributed by atoms with Crippen LogP contribution in [0.25, 0.3) is 0 Å². The van der Waals surface area contributed by atoms with Crippen molar-refractivity contribution in [2.45, 2.75) is 31.3 Å². The third-order valence-corrected chi connectivity index (χ3v) is 4.91. The highest BCUT2D eigenvalue weighted by Gasteiger charge is 2.59. The minimum absolute atomic E-state index is 0.115. The van der Waals surface area contributed by atoms with E-state index in [9.17, 15) is 24.5 Å². The average Bonchev–Trinajstić information content (AvgIpc) is 2.87. The molecule has 25 heavy (non-hydrogen) atoms. The zero-order valence-electron chi connectivity index (χ0n) is 13.8. The smallest absolute Gasteiger partial charge is 0.336 e. The number of carbonyl (C=O) groups excluding carboxylic acids is 3. The molecular formula is C16H17N3O6. The van der Waals surface area contributed by atoms with Gasteiger partial charge in [0.25, 0.3) is 5.69 Å². The van der Waals surface area contributed by atoms with Crippen LogP contribution in [-0.4, -0.2) is 52.3 Å². The summed E-state index contributed by atoms with van der Waals surface area (Å²) in [5.41, 5.74) is -1.07. The van der Waals surface area contributed by atoms with Crippen LogP contribution in [0.1, 0.15) is 25.3 Å². The van der Waals surface area contributed by atoms with Crippen LogP contribution in [-0.2, 0) is 19.9 Å². The number of methoxy groups -OCH3 is 1. The lowest BCUT2D eigenvalue weighted by atomic mass is 9.80. The molecule has 0 aliphatic carbocycles. The number of benzene rings is 1. The molecular weight excluding hydrogens is 330 g/mol. The Bertz CT molecular complexity index is 762. The van der Waals surface area contributed by atoms with Gasteiger partial charge in [0, 0.05) is 25.6 Å². The maximum absolute atomic E-state index is 12.7. The van der Waals surface area contributed by atoms with E-state index in [-0.39, 0.29) is 30.6 Å². The molecule has 9 heteroatoms. The third kappa shape index (κ3) is 2.34. The second-order valence-corrected chi connectivity index (χ2v) is 6.13. The fraction of sp³-hybridized carbons (Fsp3) is 0.438. The molecule has 0 radical (unpaired) electrons. The molecule has 2 saturated heterocycles. The standard InChI is InChI=1S/C16H17N3O6/c1-10(20)18-13-7-8-16(14(21)25-2,17(9-13)15(18)22)11-3-5-12(6-4-11)19(23)24/h3-6,13H,7-9H2,1-2H3/t13-,16?/m1/s1. The summed E-state index contributed by atoms with van der Waals surface area (Å²) in [6, 6.07) is 4.67. The number of piperidine rings is 1. The molecule has 9 nitrogen and oxygen atoms in total. The zero-order valence-corrected chi connectivity index (χ0v) is 13.8. The molecule has 2 atom stereocenters. The predicted octanol–water partition coefficient (Wildman–Crippen LogP) is 1.41. The maximum atomic E-state index is 12.7. The lowest BCUT2D eigenvalue weighted by molar-refractivity contribution is -0.384. The normalized spacial score (nSPS) is 25.0. The number of urea groups is 1. The van der Waals surface area contributed by atoms with E-state index in [1.54, 1.807) is 0 Å². The Labute approximate surface area is 143 Å². The number of nitrogens with zero attached hydrogens (tertiary/aromatic N) is 3. The predicted molar refractivity (Wildman–Crippen MR) is 84.4 cm³/mol. The molecule has 0 aromatic heterocycles. The first-order valence-corrected chi connectivity index (χ1v) is 7.77. The van der Waals surface area contributed by atoms with Crippen LogP contribution < -0.4 is 0 Å². The number of hydrogen-bond acceptors (Lipinski definition) is 6. The highest BCUT2D eigenvalue weighted by Crippen LogP contribution is 2.44. The third-order valence-electron chi connectivity index (χ3n) is 4.91. The number of imide groups is 1. The Morgan fingerprint density at radius 3 is 2.48 bits per heavy atom. The SMILES string of the molecule is COC(=O)C1(c2ccc([N+](=O)[O-])cc2)CC[C@@H]2CN1C(=O)N2C(C)=O. The van der Waals surface area contributed by atoms with Crippen LogP contribution in [0.15, 0.2) is 24.3 Å². The van der Waals surface area contributed by atoms with Crippen molar-refractivity contribution >= 4 is 23.6 Å². The summed E-state index contributed by atoms with van der Waals surface area (Å²) in [6.07, 6.45) is 0.728. The maximum Gasteiger partial charge on any atom is 0.336 e. The molecule has 2 bridgehead atoms. The lowest BCUT2D eigenvalue weighted by Crippen LogP contribution is -2.55. The van der Waals surface area contributed by atoms with Crippen molar-refractivity contribution in [1.29, 1.82) is 0 Å². The minimum atomic E-state index is -1.39. The fourth-order valence-electron chi connectivity index (χ4n) is 3.76. The van der Waals surface area contributed by atoms with Gasteiger partial charge in [0.15, 0.2) is 5.54 Å². The minimum Gasteiger partial charge on any atom is -0.467 e. The number of fused-ring (bicyclic) bond motifs is 2. The van der Waals surface area contributed by atoms with Crippen LogP contribution in [0, 0.1) is 10.1 Å². The summed E-state index contributed by atoms with van der Waals surface area (Å²) >= 11 is 0. The number of rotatable bonds is 3. The molecule has 1 aromatic rings. The Morgan fingerprint density at radius 2 is 1.96 bits per heavy atom. The molecule has 3 rings (SSSR count). The molecule has 2 aliphatic rings. The molecule has 1 unspecified atom stereocenters. The van der Waals surface area contributed by atoms with E-state index in [1.165, 1.54) is 43.2 Å². The quantitative estimate of drug-likeness (QED) is 0.464. The van der Waals surface area contributed by atoms with Crippen molar-refractivity contribution < 1.29 is 24.0 Å². The molecule has 2 fully saturated rings. The fourth-order valence-corrected chi connectivity index (χ4v) is 3.76. The van der Waals surface area contributed by atoms with Gasteiger partial charge in [-0.1, -0.05) is 0 Å². The molecule has 0 N–H and O–H groups in total. The van der Waals surface area contributed by atoms with Crippen molar-refractivity contribution in [3.05, 3.63) is 39.9 Å². The van der Waals surface area contributed by atoms with Gasteiger partial charge in [-0.25, -0.2) is 9.59 Å². The Balaban J connectivity index is 2.09. The molecule has 3 amide bonds. The monoisotopic (exact) mass is 347 g/mol. The van der Waals surface area contributed by atoms with Gasteiger partial charge in [0.2, 0.25) is 5.91 Å². The van der Waals surface area contributed by atoms with Crippen LogP contribution in [0.4, 0.5) is 10.5 Å². The van der Waals surface area contributed by atoms with Gasteiger partial charge in [-0.2, -0.15) is 0 Å². The van der Waals surface area contributed by atoms with E-state index in [0.29, 0.717) is 12.0 Å². The summed E-state index contributed by atoms with van der Waals surface area (Å²) in [7, 11) is 1.23. The van der Waals surface area contributed by atoms with Gasteiger partial charge in [0.1, 0.15) is 0 Å². The summed E-state index contributed by atoms with van der Waals surface area (Å²) in [5.74, 6) is -1.000. The summed E-state index contributed by atoms with van der Waals surface area (Å²) in [6.45, 7) is 1.54. The molecule has 2 aliphatic heterocycles. The topological polar surface area (TPSA) is 110 Å². The van der Waals surface area contributed by atoms with E-state index in [4.69, 9.17) is 4.74 Å². The van der Waals surface area contributed by atoms with Crippen molar-refractivity contribution in [3.63, 3.8) is 0 Å². The van der Waals surface area contributed by atoms with E-state index in [0.717, 1.165) is 4.90 Å².